The van der Waals surface area contributed by atoms with Crippen LogP contribution >= 0.6 is 24.4 Å². The second kappa shape index (κ2) is 20.6. The molecule has 2 atom stereocenters. The molecule has 0 amide bonds. The predicted octanol–water partition coefficient (Wildman–Crippen LogP) is 2.97. The molecule has 12 nitrogen and oxygen atoms in total. The van der Waals surface area contributed by atoms with Gasteiger partial charge in [-0.25, -0.2) is 0 Å². The number of ether oxygens (including phenoxy) is 2. The van der Waals surface area contributed by atoms with Crippen molar-refractivity contribution in [1.82, 2.24) is 9.80 Å². The van der Waals surface area contributed by atoms with Gasteiger partial charge >= 0.3 is 0 Å². The van der Waals surface area contributed by atoms with Gasteiger partial charge in [0.2, 0.25) is 10.2 Å². The first-order valence-electron chi connectivity index (χ1n) is 13.0. The molecule has 2 heterocycles. The molecule has 0 aromatic heterocycles. The summed E-state index contributed by atoms with van der Waals surface area (Å²) in [5.74, 6) is 0. The first-order valence-corrected chi connectivity index (χ1v) is 13.8. The summed E-state index contributed by atoms with van der Waals surface area (Å²) < 4.78 is 10.5. The molecule has 2 aromatic rings. The van der Waals surface area contributed by atoms with Gasteiger partial charge in [-0.1, -0.05) is 36.4 Å². The van der Waals surface area contributed by atoms with Gasteiger partial charge in [-0.2, -0.15) is 10.2 Å². The third kappa shape index (κ3) is 15.5. The fourth-order valence-electron chi connectivity index (χ4n) is 3.68. The van der Waals surface area contributed by atoms with E-state index in [4.69, 9.17) is 33.9 Å². The summed E-state index contributed by atoms with van der Waals surface area (Å²) in [6, 6.07) is 19.0. The third-order valence-corrected chi connectivity index (χ3v) is 6.03. The normalized spacial score (nSPS) is 17.6. The first kappa shape index (κ1) is 34.9. The summed E-state index contributed by atoms with van der Waals surface area (Å²) in [4.78, 5) is 4.17. The van der Waals surface area contributed by atoms with Crippen LogP contribution in [0.2, 0.25) is 0 Å². The summed E-state index contributed by atoms with van der Waals surface area (Å²) >= 11 is 10.1. The van der Waals surface area contributed by atoms with Crippen LogP contribution in [0.4, 0.5) is 11.4 Å². The second-order valence-electron chi connectivity index (χ2n) is 8.81. The van der Waals surface area contributed by atoms with Crippen molar-refractivity contribution < 1.29 is 36.8 Å². The predicted molar refractivity (Wildman–Crippen MR) is 162 cm³/mol. The van der Waals surface area contributed by atoms with Gasteiger partial charge < -0.3 is 30.3 Å². The van der Waals surface area contributed by atoms with Gasteiger partial charge in [0.25, 0.3) is 0 Å². The molecular weight excluding hydrogens is 616 g/mol. The number of nitrogens with zero attached hydrogens (tertiary/aromatic N) is 6. The van der Waals surface area contributed by atoms with E-state index in [1.807, 2.05) is 60.7 Å². The maximum atomic E-state index is 9.79. The Bertz CT molecular complexity index is 990. The van der Waals surface area contributed by atoms with E-state index in [0.29, 0.717) is 39.5 Å². The topological polar surface area (TPSA) is 139 Å². The van der Waals surface area contributed by atoms with E-state index in [9.17, 15) is 10.2 Å². The molecule has 2 fully saturated rings. The minimum atomic E-state index is -0.872. The Morgan fingerprint density at radius 1 is 0.683 bits per heavy atom. The van der Waals surface area contributed by atoms with E-state index in [-0.39, 0.29) is 27.3 Å². The molecule has 4 N–H and O–H groups in total. The quantitative estimate of drug-likeness (QED) is 0.191. The van der Waals surface area contributed by atoms with E-state index >= 15 is 0 Å². The number of thiocarbonyl (C=S) groups is 2. The molecule has 2 unspecified atom stereocenters. The van der Waals surface area contributed by atoms with E-state index in [0.717, 1.165) is 37.6 Å². The number of rotatable bonds is 8. The molecule has 2 aromatic carbocycles. The molecule has 15 heteroatoms. The Kier molecular flexibility index (Phi) is 17.5. The molecule has 2 aliphatic rings. The van der Waals surface area contributed by atoms with Crippen LogP contribution in [0, 0.1) is 0 Å². The van der Waals surface area contributed by atoms with Crippen LogP contribution in [0.5, 0.6) is 0 Å². The van der Waals surface area contributed by atoms with Crippen molar-refractivity contribution in [2.45, 2.75) is 12.5 Å². The van der Waals surface area contributed by atoms with Gasteiger partial charge in [0, 0.05) is 67.7 Å². The number of anilines is 2. The molecule has 0 spiro atoms. The van der Waals surface area contributed by atoms with Crippen molar-refractivity contribution in [1.29, 1.82) is 0 Å². The summed E-state index contributed by atoms with van der Waals surface area (Å²) in [6.45, 7) is 6.88. The van der Waals surface area contributed by atoms with Gasteiger partial charge in [-0.15, -0.1) is 10.2 Å². The fourth-order valence-corrected chi connectivity index (χ4v) is 4.01. The largest absolute Gasteiger partial charge is 0.379 e. The zero-order chi connectivity index (χ0) is 28.4. The monoisotopic (exact) mass is 651 g/mol. The Balaban J connectivity index is 0.000000280. The zero-order valence-corrected chi connectivity index (χ0v) is 25.1. The molecule has 1 radical (unpaired) electrons. The molecule has 41 heavy (non-hydrogen) atoms. The van der Waals surface area contributed by atoms with Crippen LogP contribution in [-0.2, 0) is 26.5 Å². The number of para-hydroxylation sites is 2. The van der Waals surface area contributed by atoms with E-state index < -0.39 is 12.5 Å². The molecule has 2 saturated heterocycles. The number of aliphatic hydroxyl groups is 2. The Morgan fingerprint density at radius 2 is 1.02 bits per heavy atom. The molecule has 0 aliphatic carbocycles. The molecule has 4 rings (SSSR count). The number of azo groups is 2. The molecule has 0 saturated carbocycles. The number of morpholine rings is 2. The van der Waals surface area contributed by atoms with Gasteiger partial charge in [0.05, 0.1) is 26.4 Å². The number of aliphatic hydroxyl groups excluding tert-OH is 2. The fraction of sp³-hybridized carbons (Fsp3) is 0.462. The minimum Gasteiger partial charge on any atom is -0.379 e. The molecule has 2 aliphatic heterocycles. The van der Waals surface area contributed by atoms with Gasteiger partial charge in [0.1, 0.15) is 0 Å². The summed E-state index contributed by atoms with van der Waals surface area (Å²) in [5, 5.41) is 41.2. The smallest absolute Gasteiger partial charge is 0.217 e. The number of benzene rings is 2. The van der Waals surface area contributed by atoms with Gasteiger partial charge in [-0.3, -0.25) is 9.80 Å². The second-order valence-corrected chi connectivity index (χ2v) is 9.58. The molecule has 227 valence electrons. The van der Waals surface area contributed by atoms with Crippen molar-refractivity contribution in [2.24, 2.45) is 20.5 Å². The van der Waals surface area contributed by atoms with Crippen LogP contribution in [0.1, 0.15) is 0 Å². The van der Waals surface area contributed by atoms with Crippen molar-refractivity contribution in [3.63, 3.8) is 0 Å². The van der Waals surface area contributed by atoms with Crippen LogP contribution in [0.15, 0.2) is 81.1 Å². The molecular formula is C26H36CuN8O4S2. The number of nitrogens with one attached hydrogen (secondary N) is 2. The Hall–Kier alpha value is -2.30. The Morgan fingerprint density at radius 3 is 1.37 bits per heavy atom. The summed E-state index contributed by atoms with van der Waals surface area (Å²) in [7, 11) is 0. The Labute approximate surface area is 261 Å². The van der Waals surface area contributed by atoms with Gasteiger partial charge in [-0.05, 0) is 48.7 Å². The van der Waals surface area contributed by atoms with Crippen molar-refractivity contribution in [2.75, 3.05) is 76.3 Å². The number of hydrogen-bond acceptors (Lipinski definition) is 10. The van der Waals surface area contributed by atoms with Gasteiger partial charge in [0.15, 0.2) is 12.5 Å². The van der Waals surface area contributed by atoms with Crippen molar-refractivity contribution >= 4 is 46.0 Å². The van der Waals surface area contributed by atoms with Crippen molar-refractivity contribution in [3.05, 3.63) is 60.7 Å². The van der Waals surface area contributed by atoms with Crippen molar-refractivity contribution in [3.8, 4) is 0 Å². The van der Waals surface area contributed by atoms with Crippen LogP contribution in [-0.4, -0.2) is 108 Å². The van der Waals surface area contributed by atoms with Crippen LogP contribution < -0.4 is 10.6 Å². The van der Waals surface area contributed by atoms with Crippen LogP contribution in [0.3, 0.4) is 0 Å². The standard InChI is InChI=1S/2C13H18N4O2S.Cu/c2*18-12(10-17-6-8-19-9-7-17)15-16-13(20)14-11-4-2-1-3-5-11;/h2*1-5,12,18H,6-10H2,(H,14,20);/b16-15+;16-15-;. The van der Waals surface area contributed by atoms with E-state index in [2.05, 4.69) is 40.9 Å². The van der Waals surface area contributed by atoms with E-state index in [1.165, 1.54) is 0 Å². The SMILES string of the molecule is OC(CN1CCOCC1)/N=N/C(=S)Nc1ccccc1.OC(CN1CCOCC1)/N=N\C(=S)Nc1ccccc1.[Cu]. The number of hydrogen-bond donors (Lipinski definition) is 4. The summed E-state index contributed by atoms with van der Waals surface area (Å²) in [5.41, 5.74) is 1.69. The zero-order valence-electron chi connectivity index (χ0n) is 22.5. The maximum absolute atomic E-state index is 9.79. The minimum absolute atomic E-state index is 0. The number of β-amino-alcohol motifs (C(OH)–C–C–N with tert-alkyl or cyclic N) is 2. The average Bonchev–Trinajstić information content (AvgIpc) is 2.98. The average molecular weight is 652 g/mol. The maximum Gasteiger partial charge on any atom is 0.217 e. The first-order chi connectivity index (χ1) is 19.5. The van der Waals surface area contributed by atoms with E-state index in [1.54, 1.807) is 0 Å². The molecule has 0 bridgehead atoms. The third-order valence-electron chi connectivity index (χ3n) is 5.66. The van der Waals surface area contributed by atoms with Crippen LogP contribution in [0.25, 0.3) is 0 Å². The summed E-state index contributed by atoms with van der Waals surface area (Å²) in [6.07, 6.45) is -1.74.